The minimum atomic E-state index is 0.525. The molecule has 0 heterocycles. The van der Waals surface area contributed by atoms with Crippen molar-refractivity contribution >= 4 is 15.9 Å². The van der Waals surface area contributed by atoms with Gasteiger partial charge in [0.1, 0.15) is 0 Å². The van der Waals surface area contributed by atoms with Crippen molar-refractivity contribution in [1.29, 1.82) is 0 Å². The third kappa shape index (κ3) is 4.06. The van der Waals surface area contributed by atoms with Crippen molar-refractivity contribution < 1.29 is 0 Å². The first-order chi connectivity index (χ1) is 9.24. The van der Waals surface area contributed by atoms with Crippen molar-refractivity contribution in [1.82, 2.24) is 5.32 Å². The zero-order chi connectivity index (χ0) is 13.7. The Morgan fingerprint density at radius 2 is 2.16 bits per heavy atom. The molecule has 19 heavy (non-hydrogen) atoms. The van der Waals surface area contributed by atoms with Crippen LogP contribution in [-0.4, -0.2) is 6.54 Å². The molecule has 1 aromatic rings. The number of hydrogen-bond donors (Lipinski definition) is 1. The fourth-order valence-electron chi connectivity index (χ4n) is 3.48. The van der Waals surface area contributed by atoms with Gasteiger partial charge in [-0.15, -0.1) is 0 Å². The van der Waals surface area contributed by atoms with Crippen LogP contribution in [0.5, 0.6) is 0 Å². The Labute approximate surface area is 126 Å². The van der Waals surface area contributed by atoms with Gasteiger partial charge in [0.25, 0.3) is 0 Å². The van der Waals surface area contributed by atoms with Crippen molar-refractivity contribution in [3.63, 3.8) is 0 Å². The smallest absolute Gasteiger partial charge is 0.0349 e. The Morgan fingerprint density at radius 1 is 1.32 bits per heavy atom. The van der Waals surface area contributed by atoms with Gasteiger partial charge in [0.15, 0.2) is 0 Å². The maximum absolute atomic E-state index is 3.72. The summed E-state index contributed by atoms with van der Waals surface area (Å²) in [6.07, 6.45) is 6.94. The van der Waals surface area contributed by atoms with E-state index in [4.69, 9.17) is 0 Å². The third-order valence-corrected chi connectivity index (χ3v) is 5.00. The van der Waals surface area contributed by atoms with E-state index in [9.17, 15) is 0 Å². The van der Waals surface area contributed by atoms with Gasteiger partial charge >= 0.3 is 0 Å². The van der Waals surface area contributed by atoms with Crippen LogP contribution in [0.25, 0.3) is 0 Å². The van der Waals surface area contributed by atoms with Gasteiger partial charge < -0.3 is 5.32 Å². The molecule has 0 aromatic heterocycles. The second kappa shape index (κ2) is 7.44. The molecule has 3 unspecified atom stereocenters. The van der Waals surface area contributed by atoms with Crippen molar-refractivity contribution in [2.45, 2.75) is 52.0 Å². The molecule has 1 aliphatic rings. The van der Waals surface area contributed by atoms with E-state index in [1.165, 1.54) is 42.1 Å². The predicted octanol–water partition coefficient (Wildman–Crippen LogP) is 5.32. The lowest BCUT2D eigenvalue weighted by molar-refractivity contribution is 0.210. The van der Waals surface area contributed by atoms with Crippen LogP contribution in [0.2, 0.25) is 0 Å². The highest BCUT2D eigenvalue weighted by molar-refractivity contribution is 9.10. The normalized spacial score (nSPS) is 25.2. The van der Waals surface area contributed by atoms with Crippen LogP contribution >= 0.6 is 15.9 Å². The van der Waals surface area contributed by atoms with E-state index in [0.717, 1.165) is 18.4 Å². The second-order valence-electron chi connectivity index (χ2n) is 5.79. The van der Waals surface area contributed by atoms with Crippen LogP contribution in [-0.2, 0) is 0 Å². The highest BCUT2D eigenvalue weighted by Gasteiger charge is 2.28. The maximum Gasteiger partial charge on any atom is 0.0349 e. The molecule has 1 fully saturated rings. The Kier molecular flexibility index (Phi) is 5.90. The van der Waals surface area contributed by atoms with Crippen molar-refractivity contribution in [2.24, 2.45) is 11.8 Å². The van der Waals surface area contributed by atoms with Gasteiger partial charge in [0, 0.05) is 10.5 Å². The standard InChI is InChI=1S/C17H26BrN/c1-3-13-7-5-8-14(11-13)17(19-4-2)15-9-6-10-16(18)12-15/h6,9-10,12-14,17,19H,3-5,7-8,11H2,1-2H3. The van der Waals surface area contributed by atoms with Gasteiger partial charge in [0.05, 0.1) is 0 Å². The van der Waals surface area contributed by atoms with Crippen LogP contribution in [0.15, 0.2) is 28.7 Å². The molecule has 0 aliphatic heterocycles. The summed E-state index contributed by atoms with van der Waals surface area (Å²) in [6.45, 7) is 5.60. The Balaban J connectivity index is 2.15. The average molecular weight is 324 g/mol. The zero-order valence-corrected chi connectivity index (χ0v) is 13.7. The summed E-state index contributed by atoms with van der Waals surface area (Å²) in [5.41, 5.74) is 1.44. The first kappa shape index (κ1) is 15.1. The Bertz CT molecular complexity index is 391. The molecule has 2 rings (SSSR count). The molecule has 0 spiro atoms. The molecular formula is C17H26BrN. The molecule has 3 atom stereocenters. The minimum Gasteiger partial charge on any atom is -0.310 e. The summed E-state index contributed by atoms with van der Waals surface area (Å²) in [5.74, 6) is 1.74. The molecule has 1 N–H and O–H groups in total. The van der Waals surface area contributed by atoms with Crippen molar-refractivity contribution in [3.05, 3.63) is 34.3 Å². The molecule has 1 aliphatic carbocycles. The fourth-order valence-corrected chi connectivity index (χ4v) is 3.90. The zero-order valence-electron chi connectivity index (χ0n) is 12.2. The van der Waals surface area contributed by atoms with E-state index in [2.05, 4.69) is 59.4 Å². The molecule has 0 radical (unpaired) electrons. The summed E-state index contributed by atoms with van der Waals surface area (Å²) in [5, 5.41) is 3.72. The van der Waals surface area contributed by atoms with Crippen molar-refractivity contribution in [2.75, 3.05) is 6.54 Å². The monoisotopic (exact) mass is 323 g/mol. The van der Waals surface area contributed by atoms with Gasteiger partial charge in [-0.05, 0) is 48.9 Å². The first-order valence-corrected chi connectivity index (χ1v) is 8.52. The van der Waals surface area contributed by atoms with Gasteiger partial charge in [-0.3, -0.25) is 0 Å². The van der Waals surface area contributed by atoms with E-state index in [0.29, 0.717) is 6.04 Å². The van der Waals surface area contributed by atoms with Gasteiger partial charge in [-0.1, -0.05) is 61.2 Å². The molecule has 1 aromatic carbocycles. The molecule has 106 valence electrons. The van der Waals surface area contributed by atoms with E-state index in [1.54, 1.807) is 0 Å². The molecule has 0 amide bonds. The largest absolute Gasteiger partial charge is 0.310 e. The molecule has 1 nitrogen and oxygen atoms in total. The highest BCUT2D eigenvalue weighted by Crippen LogP contribution is 2.38. The summed E-state index contributed by atoms with van der Waals surface area (Å²) >= 11 is 3.60. The molecule has 2 heteroatoms. The van der Waals surface area contributed by atoms with E-state index in [-0.39, 0.29) is 0 Å². The lowest BCUT2D eigenvalue weighted by Crippen LogP contribution is -2.31. The van der Waals surface area contributed by atoms with E-state index >= 15 is 0 Å². The topological polar surface area (TPSA) is 12.0 Å². The second-order valence-corrected chi connectivity index (χ2v) is 6.71. The van der Waals surface area contributed by atoms with Gasteiger partial charge in [-0.2, -0.15) is 0 Å². The molecule has 0 saturated heterocycles. The summed E-state index contributed by atoms with van der Waals surface area (Å²) in [6, 6.07) is 9.35. The first-order valence-electron chi connectivity index (χ1n) is 7.73. The number of nitrogens with one attached hydrogen (secondary N) is 1. The quantitative estimate of drug-likeness (QED) is 0.773. The third-order valence-electron chi connectivity index (χ3n) is 4.50. The molecule has 0 bridgehead atoms. The highest BCUT2D eigenvalue weighted by atomic mass is 79.9. The lowest BCUT2D eigenvalue weighted by atomic mass is 9.75. The number of halogens is 1. The Hall–Kier alpha value is -0.340. The minimum absolute atomic E-state index is 0.525. The van der Waals surface area contributed by atoms with Crippen LogP contribution in [0.1, 0.15) is 57.6 Å². The Morgan fingerprint density at radius 3 is 2.84 bits per heavy atom. The number of rotatable bonds is 5. The van der Waals surface area contributed by atoms with Gasteiger partial charge in [0.2, 0.25) is 0 Å². The summed E-state index contributed by atoms with van der Waals surface area (Å²) < 4.78 is 1.19. The van der Waals surface area contributed by atoms with Crippen LogP contribution < -0.4 is 5.32 Å². The van der Waals surface area contributed by atoms with Gasteiger partial charge in [-0.25, -0.2) is 0 Å². The molecular weight excluding hydrogens is 298 g/mol. The number of hydrogen-bond acceptors (Lipinski definition) is 1. The predicted molar refractivity (Wildman–Crippen MR) is 86.3 cm³/mol. The van der Waals surface area contributed by atoms with Crippen LogP contribution in [0.4, 0.5) is 0 Å². The summed E-state index contributed by atoms with van der Waals surface area (Å²) in [4.78, 5) is 0. The number of benzene rings is 1. The van der Waals surface area contributed by atoms with E-state index in [1.807, 2.05) is 0 Å². The SMILES string of the molecule is CCNC(c1cccc(Br)c1)C1CCCC(CC)C1. The van der Waals surface area contributed by atoms with E-state index < -0.39 is 0 Å². The average Bonchev–Trinajstić information content (AvgIpc) is 2.45. The van der Waals surface area contributed by atoms with Crippen LogP contribution in [0.3, 0.4) is 0 Å². The van der Waals surface area contributed by atoms with Crippen molar-refractivity contribution in [3.8, 4) is 0 Å². The maximum atomic E-state index is 3.72. The fraction of sp³-hybridized carbons (Fsp3) is 0.647. The molecule has 1 saturated carbocycles. The summed E-state index contributed by atoms with van der Waals surface area (Å²) in [7, 11) is 0. The lowest BCUT2D eigenvalue weighted by Gasteiger charge is -2.35. The van der Waals surface area contributed by atoms with Crippen LogP contribution in [0, 0.1) is 11.8 Å².